The van der Waals surface area contributed by atoms with E-state index in [4.69, 9.17) is 14.8 Å². The molecule has 6 nitrogen and oxygen atoms in total. The van der Waals surface area contributed by atoms with Gasteiger partial charge in [0.1, 0.15) is 5.25 Å². The van der Waals surface area contributed by atoms with Crippen LogP contribution in [0.4, 0.5) is 0 Å². The molecule has 3 N–H and O–H groups in total. The first kappa shape index (κ1) is 13.3. The number of unbranched alkanes of at least 4 members (excludes halogenated alkanes) is 1. The molecule has 0 aromatic rings. The molecule has 0 spiro atoms. The summed E-state index contributed by atoms with van der Waals surface area (Å²) in [5.41, 5.74) is 0. The summed E-state index contributed by atoms with van der Waals surface area (Å²) in [6.07, 6.45) is -0.297. The SMILES string of the molecule is CCCCC([C](O)C(=O)O)S(=O)(=O)O. The molecule has 0 aromatic carbocycles. The van der Waals surface area contributed by atoms with Gasteiger partial charge >= 0.3 is 5.97 Å². The van der Waals surface area contributed by atoms with Crippen molar-refractivity contribution in [2.45, 2.75) is 31.4 Å². The van der Waals surface area contributed by atoms with Crippen LogP contribution in [-0.4, -0.2) is 34.4 Å². The molecule has 1 atom stereocenters. The van der Waals surface area contributed by atoms with Crippen LogP contribution >= 0.6 is 0 Å². The van der Waals surface area contributed by atoms with Crippen molar-refractivity contribution in [3.8, 4) is 0 Å². The predicted molar refractivity (Wildman–Crippen MR) is 47.7 cm³/mol. The van der Waals surface area contributed by atoms with Crippen LogP contribution in [0.1, 0.15) is 26.2 Å². The molecule has 1 radical (unpaired) electrons. The molecular weight excluding hydrogens is 212 g/mol. The highest BCUT2D eigenvalue weighted by Crippen LogP contribution is 2.18. The molecule has 0 aliphatic carbocycles. The second-order valence-corrected chi connectivity index (χ2v) is 4.44. The molecule has 0 aromatic heterocycles. The van der Waals surface area contributed by atoms with Crippen molar-refractivity contribution in [2.75, 3.05) is 0 Å². The highest BCUT2D eigenvalue weighted by Gasteiger charge is 2.36. The molecule has 0 aliphatic rings. The van der Waals surface area contributed by atoms with Crippen LogP contribution < -0.4 is 0 Å². The minimum atomic E-state index is -4.55. The standard InChI is InChI=1S/C7H13O6S/c1-2-3-4-5(14(11,12)13)6(8)7(9)10/h5,8H,2-4H2,1H3,(H,9,10)(H,11,12,13). The summed E-state index contributed by atoms with van der Waals surface area (Å²) in [7, 11) is -4.55. The van der Waals surface area contributed by atoms with Crippen LogP contribution in [0.3, 0.4) is 0 Å². The zero-order valence-corrected chi connectivity index (χ0v) is 8.49. The minimum absolute atomic E-state index is 0.104. The van der Waals surface area contributed by atoms with E-state index < -0.39 is 27.4 Å². The highest BCUT2D eigenvalue weighted by atomic mass is 32.2. The molecule has 1 unspecified atom stereocenters. The summed E-state index contributed by atoms with van der Waals surface area (Å²) < 4.78 is 30.0. The summed E-state index contributed by atoms with van der Waals surface area (Å²) in [4.78, 5) is 10.3. The molecular formula is C7H13O6S. The zero-order chi connectivity index (χ0) is 11.4. The number of hydrogen-bond acceptors (Lipinski definition) is 4. The quantitative estimate of drug-likeness (QED) is 0.565. The Morgan fingerprint density at radius 2 is 1.86 bits per heavy atom. The van der Waals surface area contributed by atoms with Gasteiger partial charge in [-0.1, -0.05) is 19.8 Å². The van der Waals surface area contributed by atoms with Gasteiger partial charge in [-0.05, 0) is 6.42 Å². The molecule has 14 heavy (non-hydrogen) atoms. The lowest BCUT2D eigenvalue weighted by Gasteiger charge is -2.14. The first-order chi connectivity index (χ1) is 6.30. The van der Waals surface area contributed by atoms with Crippen molar-refractivity contribution in [2.24, 2.45) is 0 Å². The maximum atomic E-state index is 10.7. The number of carboxylic acids is 1. The molecule has 0 heterocycles. The number of rotatable bonds is 6. The van der Waals surface area contributed by atoms with Crippen molar-refractivity contribution in [1.82, 2.24) is 0 Å². The van der Waals surface area contributed by atoms with E-state index in [1.165, 1.54) is 0 Å². The van der Waals surface area contributed by atoms with Crippen molar-refractivity contribution >= 4 is 16.1 Å². The van der Waals surface area contributed by atoms with Gasteiger partial charge in [0.2, 0.25) is 6.10 Å². The Balaban J connectivity index is 4.65. The van der Waals surface area contributed by atoms with E-state index in [0.717, 1.165) is 0 Å². The van der Waals surface area contributed by atoms with Crippen LogP contribution in [0, 0.1) is 6.10 Å². The van der Waals surface area contributed by atoms with Gasteiger partial charge in [-0.3, -0.25) is 4.55 Å². The average molecular weight is 225 g/mol. The fourth-order valence-electron chi connectivity index (χ4n) is 0.954. The largest absolute Gasteiger partial charge is 0.479 e. The second-order valence-electron chi connectivity index (χ2n) is 2.84. The fraction of sp³-hybridized carbons (Fsp3) is 0.714. The maximum Gasteiger partial charge on any atom is 0.340 e. The third-order valence-corrected chi connectivity index (χ3v) is 2.88. The first-order valence-corrected chi connectivity index (χ1v) is 5.56. The molecule has 0 saturated heterocycles. The topological polar surface area (TPSA) is 112 Å². The van der Waals surface area contributed by atoms with Gasteiger partial charge in [0.15, 0.2) is 0 Å². The Morgan fingerprint density at radius 3 is 2.14 bits per heavy atom. The van der Waals surface area contributed by atoms with Crippen molar-refractivity contribution < 1.29 is 28.0 Å². The summed E-state index contributed by atoms with van der Waals surface area (Å²) in [5.74, 6) is -1.73. The van der Waals surface area contributed by atoms with E-state index in [2.05, 4.69) is 0 Å². The van der Waals surface area contributed by atoms with Gasteiger partial charge < -0.3 is 10.2 Å². The number of carbonyl (C=O) groups is 1. The molecule has 83 valence electrons. The Morgan fingerprint density at radius 1 is 1.36 bits per heavy atom. The van der Waals surface area contributed by atoms with Crippen molar-refractivity contribution in [1.29, 1.82) is 0 Å². The Bertz CT molecular complexity index is 283. The highest BCUT2D eigenvalue weighted by molar-refractivity contribution is 7.86. The van der Waals surface area contributed by atoms with Crippen molar-refractivity contribution in [3.05, 3.63) is 6.10 Å². The predicted octanol–water partition coefficient (Wildman–Crippen LogP) is 0.422. The fourth-order valence-corrected chi connectivity index (χ4v) is 1.80. The van der Waals surface area contributed by atoms with E-state index in [-0.39, 0.29) is 6.42 Å². The summed E-state index contributed by atoms with van der Waals surface area (Å²) in [6.45, 7) is 1.78. The van der Waals surface area contributed by atoms with Crippen LogP contribution in [0.5, 0.6) is 0 Å². The number of aliphatic carboxylic acids is 1. The van der Waals surface area contributed by atoms with E-state index >= 15 is 0 Å². The second kappa shape index (κ2) is 5.28. The number of hydrogen-bond donors (Lipinski definition) is 3. The van der Waals surface area contributed by atoms with Crippen LogP contribution in [-0.2, 0) is 14.9 Å². The molecule has 0 saturated carbocycles. The van der Waals surface area contributed by atoms with Gasteiger partial charge in [-0.25, -0.2) is 4.79 Å². The Hall–Kier alpha value is -0.660. The Kier molecular flexibility index (Phi) is 5.03. The molecule has 0 fully saturated rings. The third kappa shape index (κ3) is 4.03. The minimum Gasteiger partial charge on any atom is -0.479 e. The van der Waals surface area contributed by atoms with Gasteiger partial charge in [-0.2, -0.15) is 8.42 Å². The van der Waals surface area contributed by atoms with Crippen molar-refractivity contribution in [3.63, 3.8) is 0 Å². The van der Waals surface area contributed by atoms with Gasteiger partial charge in [0.25, 0.3) is 10.1 Å². The first-order valence-electron chi connectivity index (χ1n) is 4.06. The van der Waals surface area contributed by atoms with Crippen LogP contribution in [0.25, 0.3) is 0 Å². The molecule has 7 heteroatoms. The number of aliphatic hydroxyl groups excluding tert-OH is 1. The average Bonchev–Trinajstić information content (AvgIpc) is 2.02. The molecule has 0 aliphatic heterocycles. The third-order valence-electron chi connectivity index (χ3n) is 1.70. The lowest BCUT2D eigenvalue weighted by molar-refractivity contribution is -0.139. The molecule has 0 bridgehead atoms. The number of carboxylic acid groups (broad SMARTS) is 1. The lowest BCUT2D eigenvalue weighted by atomic mass is 10.1. The zero-order valence-electron chi connectivity index (χ0n) is 7.67. The summed E-state index contributed by atoms with van der Waals surface area (Å²) >= 11 is 0. The molecule has 0 amide bonds. The maximum absolute atomic E-state index is 10.7. The van der Waals surface area contributed by atoms with Gasteiger partial charge in [0.05, 0.1) is 0 Å². The van der Waals surface area contributed by atoms with E-state index in [1.54, 1.807) is 6.92 Å². The summed E-state index contributed by atoms with van der Waals surface area (Å²) in [5, 5.41) is 15.6. The van der Waals surface area contributed by atoms with Gasteiger partial charge in [-0.15, -0.1) is 0 Å². The molecule has 0 rings (SSSR count). The smallest absolute Gasteiger partial charge is 0.340 e. The van der Waals surface area contributed by atoms with E-state index in [1.807, 2.05) is 0 Å². The monoisotopic (exact) mass is 225 g/mol. The summed E-state index contributed by atoms with van der Waals surface area (Å²) in [6, 6.07) is 0. The van der Waals surface area contributed by atoms with E-state index in [9.17, 15) is 13.2 Å². The Labute approximate surface area is 82.3 Å². The van der Waals surface area contributed by atoms with Crippen LogP contribution in [0.2, 0.25) is 0 Å². The van der Waals surface area contributed by atoms with Gasteiger partial charge in [0, 0.05) is 0 Å². The number of aliphatic hydroxyl groups is 1. The normalized spacial score (nSPS) is 14.3. The van der Waals surface area contributed by atoms with Crippen LogP contribution in [0.15, 0.2) is 0 Å². The van der Waals surface area contributed by atoms with E-state index in [0.29, 0.717) is 12.8 Å². The lowest BCUT2D eigenvalue weighted by Crippen LogP contribution is -2.32.